The Labute approximate surface area is 184 Å². The molecule has 0 saturated heterocycles. The fourth-order valence-corrected chi connectivity index (χ4v) is 4.59. The molecule has 1 amide bonds. The minimum absolute atomic E-state index is 0.0103. The van der Waals surface area contributed by atoms with Crippen molar-refractivity contribution >= 4 is 16.8 Å². The van der Waals surface area contributed by atoms with Gasteiger partial charge in [0.05, 0.1) is 12.1 Å². The van der Waals surface area contributed by atoms with Crippen molar-refractivity contribution in [1.82, 2.24) is 9.88 Å². The number of carbonyl (C=O) groups is 1. The van der Waals surface area contributed by atoms with E-state index in [4.69, 9.17) is 0 Å². The van der Waals surface area contributed by atoms with Crippen LogP contribution in [0.4, 0.5) is 0 Å². The molecule has 0 spiro atoms. The Morgan fingerprint density at radius 1 is 1.06 bits per heavy atom. The SMILES string of the molecule is Cc1cccc2cc(CN(C(=O)c3ccc(C(C)(C)C)cc3)C3CCCC3)c(=O)[nH]c12. The number of para-hydroxylation sites is 1. The summed E-state index contributed by atoms with van der Waals surface area (Å²) in [5.74, 6) is 0.0103. The first-order chi connectivity index (χ1) is 14.7. The highest BCUT2D eigenvalue weighted by Crippen LogP contribution is 2.28. The molecule has 0 atom stereocenters. The molecule has 4 heteroatoms. The summed E-state index contributed by atoms with van der Waals surface area (Å²) < 4.78 is 0. The van der Waals surface area contributed by atoms with Crippen molar-refractivity contribution in [1.29, 1.82) is 0 Å². The molecular weight excluding hydrogens is 384 g/mol. The Balaban J connectivity index is 1.68. The van der Waals surface area contributed by atoms with Gasteiger partial charge in [-0.3, -0.25) is 9.59 Å². The lowest BCUT2D eigenvalue weighted by atomic mass is 9.86. The van der Waals surface area contributed by atoms with E-state index in [1.54, 1.807) is 0 Å². The Kier molecular flexibility index (Phi) is 5.74. The standard InChI is InChI=1S/C27H32N2O2/c1-18-8-7-9-20-16-21(25(30)28-24(18)20)17-29(23-10-5-6-11-23)26(31)19-12-14-22(15-13-19)27(2,3)4/h7-9,12-16,23H,5-6,10-11,17H2,1-4H3,(H,28,30). The summed E-state index contributed by atoms with van der Waals surface area (Å²) in [6, 6.07) is 16.1. The highest BCUT2D eigenvalue weighted by molar-refractivity contribution is 5.94. The number of nitrogens with zero attached hydrogens (tertiary/aromatic N) is 1. The molecule has 0 unspecified atom stereocenters. The van der Waals surface area contributed by atoms with E-state index in [1.807, 2.05) is 60.4 Å². The number of aryl methyl sites for hydroxylation is 1. The summed E-state index contributed by atoms with van der Waals surface area (Å²) in [6.07, 6.45) is 4.25. The number of fused-ring (bicyclic) bond motifs is 1. The Morgan fingerprint density at radius 2 is 1.74 bits per heavy atom. The molecular formula is C27H32N2O2. The van der Waals surface area contributed by atoms with Crippen LogP contribution in [0.3, 0.4) is 0 Å². The van der Waals surface area contributed by atoms with Gasteiger partial charge in [0.15, 0.2) is 0 Å². The summed E-state index contributed by atoms with van der Waals surface area (Å²) in [5.41, 5.74) is 4.39. The van der Waals surface area contributed by atoms with E-state index in [2.05, 4.69) is 25.8 Å². The van der Waals surface area contributed by atoms with E-state index in [1.165, 1.54) is 5.56 Å². The van der Waals surface area contributed by atoms with Crippen molar-refractivity contribution in [2.24, 2.45) is 0 Å². The molecule has 0 bridgehead atoms. The van der Waals surface area contributed by atoms with Gasteiger partial charge in [0.1, 0.15) is 0 Å². The largest absolute Gasteiger partial charge is 0.331 e. The van der Waals surface area contributed by atoms with Gasteiger partial charge >= 0.3 is 0 Å². The molecule has 1 heterocycles. The maximum atomic E-state index is 13.5. The molecule has 0 radical (unpaired) electrons. The molecule has 0 aliphatic heterocycles. The smallest absolute Gasteiger partial charge is 0.254 e. The van der Waals surface area contributed by atoms with Gasteiger partial charge in [-0.25, -0.2) is 0 Å². The quantitative estimate of drug-likeness (QED) is 0.591. The Hall–Kier alpha value is -2.88. The maximum absolute atomic E-state index is 13.5. The maximum Gasteiger partial charge on any atom is 0.254 e. The third-order valence-electron chi connectivity index (χ3n) is 6.53. The van der Waals surface area contributed by atoms with Gasteiger partial charge in [-0.15, -0.1) is 0 Å². The number of amides is 1. The van der Waals surface area contributed by atoms with E-state index in [9.17, 15) is 9.59 Å². The van der Waals surface area contributed by atoms with Crippen molar-refractivity contribution in [3.8, 4) is 0 Å². The van der Waals surface area contributed by atoms with E-state index >= 15 is 0 Å². The molecule has 1 aliphatic carbocycles. The third kappa shape index (κ3) is 4.43. The monoisotopic (exact) mass is 416 g/mol. The van der Waals surface area contributed by atoms with Gasteiger partial charge in [0.2, 0.25) is 0 Å². The average molecular weight is 417 g/mol. The van der Waals surface area contributed by atoms with Crippen LogP contribution < -0.4 is 5.56 Å². The highest BCUT2D eigenvalue weighted by atomic mass is 16.2. The lowest BCUT2D eigenvalue weighted by Crippen LogP contribution is -2.39. The van der Waals surface area contributed by atoms with E-state index < -0.39 is 0 Å². The number of hydrogen-bond donors (Lipinski definition) is 1. The lowest BCUT2D eigenvalue weighted by Gasteiger charge is -2.29. The number of pyridine rings is 1. The minimum atomic E-state index is -0.110. The second-order valence-corrected chi connectivity index (χ2v) is 9.86. The molecule has 162 valence electrons. The number of nitrogens with one attached hydrogen (secondary N) is 1. The minimum Gasteiger partial charge on any atom is -0.331 e. The van der Waals surface area contributed by atoms with E-state index in [-0.39, 0.29) is 22.9 Å². The van der Waals surface area contributed by atoms with Gasteiger partial charge in [-0.05, 0) is 59.9 Å². The Morgan fingerprint density at radius 3 is 2.39 bits per heavy atom. The van der Waals surface area contributed by atoms with Gasteiger partial charge in [0, 0.05) is 17.2 Å². The molecule has 3 aromatic rings. The van der Waals surface area contributed by atoms with Gasteiger partial charge in [-0.2, -0.15) is 0 Å². The van der Waals surface area contributed by atoms with E-state index in [0.717, 1.165) is 42.1 Å². The van der Waals surface area contributed by atoms with Crippen LogP contribution in [0.2, 0.25) is 0 Å². The van der Waals surface area contributed by atoms with Gasteiger partial charge < -0.3 is 9.88 Å². The first-order valence-electron chi connectivity index (χ1n) is 11.3. The fraction of sp³-hybridized carbons (Fsp3) is 0.407. The summed E-state index contributed by atoms with van der Waals surface area (Å²) in [6.45, 7) is 8.84. The van der Waals surface area contributed by atoms with Crippen molar-refractivity contribution < 1.29 is 4.79 Å². The van der Waals surface area contributed by atoms with Gasteiger partial charge in [0.25, 0.3) is 11.5 Å². The number of aromatic nitrogens is 1. The second kappa shape index (κ2) is 8.33. The molecule has 4 nitrogen and oxygen atoms in total. The van der Waals surface area contributed by atoms with Crippen LogP contribution in [-0.4, -0.2) is 21.8 Å². The van der Waals surface area contributed by atoms with Crippen molar-refractivity contribution in [3.05, 3.63) is 81.1 Å². The average Bonchev–Trinajstić information content (AvgIpc) is 3.26. The molecule has 2 aromatic carbocycles. The number of hydrogen-bond acceptors (Lipinski definition) is 2. The zero-order chi connectivity index (χ0) is 22.2. The summed E-state index contributed by atoms with van der Waals surface area (Å²) >= 11 is 0. The molecule has 1 N–H and O–H groups in total. The molecule has 1 aliphatic rings. The number of aromatic amines is 1. The van der Waals surface area contributed by atoms with E-state index in [0.29, 0.717) is 17.7 Å². The normalized spacial score (nSPS) is 14.8. The van der Waals surface area contributed by atoms with Crippen molar-refractivity contribution in [2.45, 2.75) is 71.4 Å². The van der Waals surface area contributed by atoms with Crippen molar-refractivity contribution in [3.63, 3.8) is 0 Å². The highest BCUT2D eigenvalue weighted by Gasteiger charge is 2.28. The van der Waals surface area contributed by atoms with Crippen LogP contribution in [0.1, 0.15) is 73.5 Å². The molecule has 31 heavy (non-hydrogen) atoms. The topological polar surface area (TPSA) is 53.2 Å². The molecule has 1 saturated carbocycles. The zero-order valence-electron chi connectivity index (χ0n) is 19.0. The number of H-pyrrole nitrogens is 1. The number of benzene rings is 2. The van der Waals surface area contributed by atoms with Crippen LogP contribution in [0.25, 0.3) is 10.9 Å². The zero-order valence-corrected chi connectivity index (χ0v) is 19.0. The van der Waals surface area contributed by atoms with Crippen LogP contribution in [0.15, 0.2) is 53.3 Å². The predicted molar refractivity (Wildman–Crippen MR) is 127 cm³/mol. The first-order valence-corrected chi connectivity index (χ1v) is 11.3. The molecule has 1 aromatic heterocycles. The number of carbonyl (C=O) groups excluding carboxylic acids is 1. The molecule has 1 fully saturated rings. The van der Waals surface area contributed by atoms with Crippen LogP contribution in [0, 0.1) is 6.92 Å². The molecule has 4 rings (SSSR count). The van der Waals surface area contributed by atoms with Crippen molar-refractivity contribution in [2.75, 3.05) is 0 Å². The summed E-state index contributed by atoms with van der Waals surface area (Å²) in [4.78, 5) is 31.3. The van der Waals surface area contributed by atoms with Gasteiger partial charge in [-0.1, -0.05) is 63.9 Å². The van der Waals surface area contributed by atoms with Crippen LogP contribution in [-0.2, 0) is 12.0 Å². The van der Waals surface area contributed by atoms with Crippen LogP contribution in [0.5, 0.6) is 0 Å². The Bertz CT molecular complexity index is 1150. The second-order valence-electron chi connectivity index (χ2n) is 9.86. The summed E-state index contributed by atoms with van der Waals surface area (Å²) in [7, 11) is 0. The predicted octanol–water partition coefficient (Wildman–Crippen LogP) is 5.72. The first kappa shape index (κ1) is 21.4. The third-order valence-corrected chi connectivity index (χ3v) is 6.53. The summed E-state index contributed by atoms with van der Waals surface area (Å²) in [5, 5.41) is 1.00. The lowest BCUT2D eigenvalue weighted by molar-refractivity contribution is 0.0663. The fourth-order valence-electron chi connectivity index (χ4n) is 4.59. The number of rotatable bonds is 4. The van der Waals surface area contributed by atoms with Crippen LogP contribution >= 0.6 is 0 Å².